The summed E-state index contributed by atoms with van der Waals surface area (Å²) < 4.78 is 6.22. The van der Waals surface area contributed by atoms with Crippen molar-refractivity contribution < 1.29 is 9.32 Å². The van der Waals surface area contributed by atoms with Crippen LogP contribution in [0, 0.1) is 0 Å². The number of rotatable bonds is 4. The molecule has 0 spiro atoms. The molecule has 2 aromatic rings. The van der Waals surface area contributed by atoms with Gasteiger partial charge in [-0.05, 0) is 30.5 Å². The van der Waals surface area contributed by atoms with Crippen LogP contribution in [0.25, 0.3) is 0 Å². The molecule has 1 aliphatic carbocycles. The number of anilines is 1. The van der Waals surface area contributed by atoms with Crippen molar-refractivity contribution in [1.29, 1.82) is 0 Å². The molecule has 1 aromatic heterocycles. The number of amides is 1. The Morgan fingerprint density at radius 3 is 2.71 bits per heavy atom. The minimum absolute atomic E-state index is 0.0983. The average Bonchev–Trinajstić information content (AvgIpc) is 2.87. The average molecular weight is 349 g/mol. The second-order valence-electron chi connectivity index (χ2n) is 5.84. The van der Waals surface area contributed by atoms with Gasteiger partial charge in [0.15, 0.2) is 0 Å². The molecule has 1 saturated carbocycles. The summed E-state index contributed by atoms with van der Waals surface area (Å²) in [4.78, 5) is 12.0. The molecule has 1 fully saturated rings. The largest absolute Gasteiger partial charge is 0.338 e. The highest BCUT2D eigenvalue weighted by Crippen LogP contribution is 2.43. The van der Waals surface area contributed by atoms with Crippen molar-refractivity contribution in [2.75, 3.05) is 5.32 Å². The minimum atomic E-state index is -0.0983. The maximum Gasteiger partial charge on any atom is 0.231 e. The lowest BCUT2D eigenvalue weighted by Gasteiger charge is -2.35. The monoisotopic (exact) mass is 348 g/mol. The summed E-state index contributed by atoms with van der Waals surface area (Å²) in [7, 11) is 0. The molecule has 0 radical (unpaired) electrons. The maximum absolute atomic E-state index is 12.0. The molecule has 1 aliphatic rings. The van der Waals surface area contributed by atoms with Crippen LogP contribution in [-0.2, 0) is 16.6 Å². The molecule has 5 heteroatoms. The number of hydrogen-bond acceptors (Lipinski definition) is 3. The van der Waals surface area contributed by atoms with Gasteiger partial charge in [0.05, 0.1) is 12.1 Å². The fourth-order valence-electron chi connectivity index (χ4n) is 2.55. The van der Waals surface area contributed by atoms with E-state index < -0.39 is 0 Å². The lowest BCUT2D eigenvalue weighted by molar-refractivity contribution is -0.115. The van der Waals surface area contributed by atoms with E-state index in [-0.39, 0.29) is 11.3 Å². The van der Waals surface area contributed by atoms with E-state index in [0.29, 0.717) is 12.3 Å². The number of aromatic nitrogens is 1. The summed E-state index contributed by atoms with van der Waals surface area (Å²) in [5.74, 6) is 0.332. The quantitative estimate of drug-likeness (QED) is 0.906. The minimum Gasteiger partial charge on any atom is -0.338 e. The van der Waals surface area contributed by atoms with Crippen LogP contribution in [0.5, 0.6) is 0 Å². The first kappa shape index (κ1) is 14.3. The van der Waals surface area contributed by atoms with Crippen LogP contribution >= 0.6 is 15.9 Å². The van der Waals surface area contributed by atoms with Gasteiger partial charge in [-0.2, -0.15) is 0 Å². The van der Waals surface area contributed by atoms with E-state index in [0.717, 1.165) is 28.6 Å². The smallest absolute Gasteiger partial charge is 0.231 e. The van der Waals surface area contributed by atoms with Crippen molar-refractivity contribution in [2.24, 2.45) is 0 Å². The van der Waals surface area contributed by atoms with Gasteiger partial charge in [0.1, 0.15) is 0 Å². The normalized spacial score (nSPS) is 16.3. The van der Waals surface area contributed by atoms with E-state index in [9.17, 15) is 4.79 Å². The van der Waals surface area contributed by atoms with E-state index in [1.165, 1.54) is 6.42 Å². The molecule has 0 bridgehead atoms. The highest BCUT2D eigenvalue weighted by Gasteiger charge is 2.36. The predicted molar refractivity (Wildman–Crippen MR) is 84.2 cm³/mol. The number of nitrogens with zero attached hydrogens (tertiary/aromatic N) is 1. The molecule has 3 rings (SSSR count). The van der Waals surface area contributed by atoms with Gasteiger partial charge in [-0.25, -0.2) is 0 Å². The topological polar surface area (TPSA) is 55.1 Å². The number of carbonyl (C=O) groups is 1. The molecule has 0 aliphatic heterocycles. The third kappa shape index (κ3) is 3.18. The maximum atomic E-state index is 12.0. The number of carbonyl (C=O) groups excluding carboxylic acids is 1. The molecular formula is C16H17BrN2O2. The fourth-order valence-corrected chi connectivity index (χ4v) is 2.82. The third-order valence-electron chi connectivity index (χ3n) is 4.13. The lowest BCUT2D eigenvalue weighted by atomic mass is 9.68. The number of halogens is 1. The van der Waals surface area contributed by atoms with Crippen LogP contribution in [0.4, 0.5) is 5.88 Å². The van der Waals surface area contributed by atoms with Gasteiger partial charge >= 0.3 is 0 Å². The molecule has 4 nitrogen and oxygen atoms in total. The summed E-state index contributed by atoms with van der Waals surface area (Å²) in [5, 5.41) is 6.85. The van der Waals surface area contributed by atoms with Crippen LogP contribution in [0.3, 0.4) is 0 Å². The highest BCUT2D eigenvalue weighted by molar-refractivity contribution is 9.10. The van der Waals surface area contributed by atoms with Crippen LogP contribution in [0.1, 0.15) is 37.4 Å². The molecule has 1 amide bonds. The Labute approximate surface area is 132 Å². The Kier molecular flexibility index (Phi) is 3.85. The van der Waals surface area contributed by atoms with Crippen molar-refractivity contribution in [3.8, 4) is 0 Å². The molecule has 21 heavy (non-hydrogen) atoms. The molecular weight excluding hydrogens is 332 g/mol. The zero-order valence-corrected chi connectivity index (χ0v) is 13.4. The Balaban J connectivity index is 1.61. The van der Waals surface area contributed by atoms with Gasteiger partial charge in [0, 0.05) is 16.0 Å². The zero-order valence-electron chi connectivity index (χ0n) is 11.9. The molecule has 1 heterocycles. The second kappa shape index (κ2) is 5.64. The van der Waals surface area contributed by atoms with Crippen LogP contribution in [0.2, 0.25) is 0 Å². The molecule has 1 N–H and O–H groups in total. The Morgan fingerprint density at radius 1 is 1.38 bits per heavy atom. The first-order valence-corrected chi connectivity index (χ1v) is 7.86. The zero-order chi connectivity index (χ0) is 14.9. The molecule has 1 aromatic carbocycles. The van der Waals surface area contributed by atoms with E-state index in [2.05, 4.69) is 33.3 Å². The Bertz CT molecular complexity index is 645. The fraction of sp³-hybridized carbons (Fsp3) is 0.375. The molecule has 0 saturated heterocycles. The van der Waals surface area contributed by atoms with Gasteiger partial charge in [0.2, 0.25) is 11.8 Å². The molecule has 0 atom stereocenters. The van der Waals surface area contributed by atoms with Crippen molar-refractivity contribution in [3.63, 3.8) is 0 Å². The second-order valence-corrected chi connectivity index (χ2v) is 6.76. The van der Waals surface area contributed by atoms with Gasteiger partial charge in [-0.15, -0.1) is 0 Å². The SMILES string of the molecule is CC1(c2cc(NC(=O)Cc3ccc(Br)cc3)on2)CCC1. The van der Waals surface area contributed by atoms with Gasteiger partial charge < -0.3 is 4.52 Å². The van der Waals surface area contributed by atoms with E-state index in [1.54, 1.807) is 0 Å². The lowest BCUT2D eigenvalue weighted by Crippen LogP contribution is -2.30. The van der Waals surface area contributed by atoms with Crippen molar-refractivity contribution >= 4 is 27.7 Å². The number of nitrogens with one attached hydrogen (secondary N) is 1. The summed E-state index contributed by atoms with van der Waals surface area (Å²) in [6.07, 6.45) is 3.81. The standard InChI is InChI=1S/C16H17BrN2O2/c1-16(7-2-8-16)13-10-15(21-19-13)18-14(20)9-11-3-5-12(17)6-4-11/h3-6,10H,2,7-9H2,1H3,(H,18,20). The third-order valence-corrected chi connectivity index (χ3v) is 4.65. The van der Waals surface area contributed by atoms with Crippen LogP contribution in [0.15, 0.2) is 39.3 Å². The van der Waals surface area contributed by atoms with E-state index in [4.69, 9.17) is 4.52 Å². The molecule has 110 valence electrons. The van der Waals surface area contributed by atoms with Crippen molar-refractivity contribution in [3.05, 3.63) is 46.1 Å². The first-order valence-electron chi connectivity index (χ1n) is 7.07. The summed E-state index contributed by atoms with van der Waals surface area (Å²) in [6.45, 7) is 2.18. The summed E-state index contributed by atoms with van der Waals surface area (Å²) in [6, 6.07) is 9.54. The van der Waals surface area contributed by atoms with Crippen molar-refractivity contribution in [2.45, 2.75) is 38.0 Å². The summed E-state index contributed by atoms with van der Waals surface area (Å²) in [5.41, 5.74) is 2.02. The highest BCUT2D eigenvalue weighted by atomic mass is 79.9. The van der Waals surface area contributed by atoms with Crippen LogP contribution in [-0.4, -0.2) is 11.1 Å². The predicted octanol–water partition coefficient (Wildman–Crippen LogP) is 4.06. The van der Waals surface area contributed by atoms with Crippen LogP contribution < -0.4 is 5.32 Å². The first-order chi connectivity index (χ1) is 10.0. The van der Waals surface area contributed by atoms with E-state index >= 15 is 0 Å². The molecule has 0 unspecified atom stereocenters. The van der Waals surface area contributed by atoms with Gasteiger partial charge in [0.25, 0.3) is 0 Å². The summed E-state index contributed by atoms with van der Waals surface area (Å²) >= 11 is 3.38. The number of benzene rings is 1. The van der Waals surface area contributed by atoms with Gasteiger partial charge in [-0.3, -0.25) is 10.1 Å². The Hall–Kier alpha value is -1.62. The van der Waals surface area contributed by atoms with Gasteiger partial charge in [-0.1, -0.05) is 46.6 Å². The number of hydrogen-bond donors (Lipinski definition) is 1. The van der Waals surface area contributed by atoms with Crippen molar-refractivity contribution in [1.82, 2.24) is 5.16 Å². The van der Waals surface area contributed by atoms with E-state index in [1.807, 2.05) is 30.3 Å². The Morgan fingerprint density at radius 2 is 2.10 bits per heavy atom.